The van der Waals surface area contributed by atoms with Gasteiger partial charge in [-0.05, 0) is 48.9 Å². The lowest BCUT2D eigenvalue weighted by molar-refractivity contribution is 0.685. The summed E-state index contributed by atoms with van der Waals surface area (Å²) in [4.78, 5) is 1.99. The maximum atomic E-state index is 8.64. The number of nitrogens with zero attached hydrogens (tertiary/aromatic N) is 2. The van der Waals surface area contributed by atoms with Gasteiger partial charge in [-0.25, -0.2) is 0 Å². The van der Waals surface area contributed by atoms with Gasteiger partial charge in [-0.15, -0.1) is 0 Å². The molecule has 0 heterocycles. The predicted molar refractivity (Wildman–Crippen MR) is 62.0 cm³/mol. The van der Waals surface area contributed by atoms with Crippen molar-refractivity contribution in [2.24, 2.45) is 0 Å². The minimum atomic E-state index is 0.457. The molecule has 15 heavy (non-hydrogen) atoms. The van der Waals surface area contributed by atoms with Gasteiger partial charge in [0.15, 0.2) is 0 Å². The average Bonchev–Trinajstić information content (AvgIpc) is 2.29. The summed E-state index contributed by atoms with van der Waals surface area (Å²) in [6.45, 7) is 0.457. The summed E-state index contributed by atoms with van der Waals surface area (Å²) in [5, 5.41) is 8.64. The SMILES string of the molecule is CN(CC#N)c1ccc2c(c1)CCCC2. The van der Waals surface area contributed by atoms with E-state index in [1.54, 1.807) is 0 Å². The van der Waals surface area contributed by atoms with Gasteiger partial charge in [0.1, 0.15) is 6.54 Å². The van der Waals surface area contributed by atoms with E-state index in [2.05, 4.69) is 24.3 Å². The number of hydrogen-bond donors (Lipinski definition) is 0. The van der Waals surface area contributed by atoms with Gasteiger partial charge in [0.25, 0.3) is 0 Å². The second kappa shape index (κ2) is 4.35. The molecule has 0 radical (unpaired) electrons. The fraction of sp³-hybridized carbons (Fsp3) is 0.462. The third-order valence-electron chi connectivity index (χ3n) is 3.08. The van der Waals surface area contributed by atoms with Crippen molar-refractivity contribution in [3.05, 3.63) is 29.3 Å². The lowest BCUT2D eigenvalue weighted by Gasteiger charge is -2.20. The molecule has 1 aromatic carbocycles. The number of benzene rings is 1. The molecule has 2 heteroatoms. The molecule has 0 saturated heterocycles. The van der Waals surface area contributed by atoms with Gasteiger partial charge in [-0.3, -0.25) is 0 Å². The van der Waals surface area contributed by atoms with E-state index in [4.69, 9.17) is 5.26 Å². The van der Waals surface area contributed by atoms with Crippen molar-refractivity contribution in [2.45, 2.75) is 25.7 Å². The summed E-state index contributed by atoms with van der Waals surface area (Å²) >= 11 is 0. The molecule has 0 saturated carbocycles. The quantitative estimate of drug-likeness (QED) is 0.686. The van der Waals surface area contributed by atoms with Crippen LogP contribution in [0.4, 0.5) is 5.69 Å². The molecule has 1 aliphatic rings. The molecular formula is C13H16N2. The minimum Gasteiger partial charge on any atom is -0.361 e. The Morgan fingerprint density at radius 1 is 1.27 bits per heavy atom. The minimum absolute atomic E-state index is 0.457. The van der Waals surface area contributed by atoms with Crippen LogP contribution in [0.3, 0.4) is 0 Å². The van der Waals surface area contributed by atoms with Gasteiger partial charge >= 0.3 is 0 Å². The highest BCUT2D eigenvalue weighted by Crippen LogP contribution is 2.25. The molecule has 0 unspecified atom stereocenters. The molecule has 0 atom stereocenters. The molecule has 0 fully saturated rings. The molecule has 78 valence electrons. The fourth-order valence-electron chi connectivity index (χ4n) is 2.15. The van der Waals surface area contributed by atoms with Gasteiger partial charge < -0.3 is 4.90 Å². The van der Waals surface area contributed by atoms with Crippen molar-refractivity contribution in [1.82, 2.24) is 0 Å². The van der Waals surface area contributed by atoms with Crippen LogP contribution in [-0.2, 0) is 12.8 Å². The first-order chi connectivity index (χ1) is 7.31. The second-order valence-corrected chi connectivity index (χ2v) is 4.17. The summed E-state index contributed by atoms with van der Waals surface area (Å²) in [5.41, 5.74) is 4.14. The molecule has 0 bridgehead atoms. The van der Waals surface area contributed by atoms with E-state index in [1.165, 1.54) is 36.8 Å². The van der Waals surface area contributed by atoms with Gasteiger partial charge in [0.2, 0.25) is 0 Å². The van der Waals surface area contributed by atoms with Gasteiger partial charge in [-0.2, -0.15) is 5.26 Å². The molecule has 0 N–H and O–H groups in total. The standard InChI is InChI=1S/C13H16N2/c1-15(9-8-14)13-7-6-11-4-2-3-5-12(11)10-13/h6-7,10H,2-5,9H2,1H3. The van der Waals surface area contributed by atoms with Crippen LogP contribution in [0.15, 0.2) is 18.2 Å². The van der Waals surface area contributed by atoms with Crippen LogP contribution in [0.2, 0.25) is 0 Å². The maximum Gasteiger partial charge on any atom is 0.105 e. The Balaban J connectivity index is 2.24. The Morgan fingerprint density at radius 3 is 2.73 bits per heavy atom. The first kappa shape index (κ1) is 10.0. The summed E-state index contributed by atoms with van der Waals surface area (Å²) in [7, 11) is 1.97. The number of rotatable bonds is 2. The highest BCUT2D eigenvalue weighted by atomic mass is 15.1. The monoisotopic (exact) mass is 200 g/mol. The summed E-state index contributed by atoms with van der Waals surface area (Å²) in [6, 6.07) is 8.76. The van der Waals surface area contributed by atoms with Gasteiger partial charge in [-0.1, -0.05) is 6.07 Å². The Bertz CT molecular complexity index is 390. The predicted octanol–water partition coefficient (Wildman–Crippen LogP) is 2.53. The van der Waals surface area contributed by atoms with Crippen molar-refractivity contribution < 1.29 is 0 Å². The zero-order chi connectivity index (χ0) is 10.7. The number of anilines is 1. The third-order valence-corrected chi connectivity index (χ3v) is 3.08. The third kappa shape index (κ3) is 2.12. The Hall–Kier alpha value is -1.49. The lowest BCUT2D eigenvalue weighted by atomic mass is 9.91. The Morgan fingerprint density at radius 2 is 2.00 bits per heavy atom. The van der Waals surface area contributed by atoms with E-state index in [0.29, 0.717) is 6.54 Å². The molecule has 0 amide bonds. The van der Waals surface area contributed by atoms with E-state index in [0.717, 1.165) is 5.69 Å². The Labute approximate surface area is 91.1 Å². The van der Waals surface area contributed by atoms with Crippen LogP contribution >= 0.6 is 0 Å². The van der Waals surface area contributed by atoms with E-state index < -0.39 is 0 Å². The van der Waals surface area contributed by atoms with Crippen LogP contribution < -0.4 is 4.90 Å². The van der Waals surface area contributed by atoms with E-state index in [1.807, 2.05) is 11.9 Å². The highest BCUT2D eigenvalue weighted by Gasteiger charge is 2.10. The zero-order valence-corrected chi connectivity index (χ0v) is 9.16. The maximum absolute atomic E-state index is 8.64. The van der Waals surface area contributed by atoms with Gasteiger partial charge in [0, 0.05) is 12.7 Å². The summed E-state index contributed by atoms with van der Waals surface area (Å²) in [5.74, 6) is 0. The van der Waals surface area contributed by atoms with E-state index >= 15 is 0 Å². The number of nitriles is 1. The smallest absolute Gasteiger partial charge is 0.105 e. The first-order valence-electron chi connectivity index (χ1n) is 5.51. The summed E-state index contributed by atoms with van der Waals surface area (Å²) in [6.07, 6.45) is 5.04. The van der Waals surface area contributed by atoms with Crippen molar-refractivity contribution in [3.63, 3.8) is 0 Å². The van der Waals surface area contributed by atoms with Crippen LogP contribution in [0, 0.1) is 11.3 Å². The number of fused-ring (bicyclic) bond motifs is 1. The number of hydrogen-bond acceptors (Lipinski definition) is 2. The topological polar surface area (TPSA) is 27.0 Å². The fourth-order valence-corrected chi connectivity index (χ4v) is 2.15. The molecule has 1 aromatic rings. The van der Waals surface area contributed by atoms with Crippen molar-refractivity contribution in [2.75, 3.05) is 18.5 Å². The van der Waals surface area contributed by atoms with E-state index in [9.17, 15) is 0 Å². The van der Waals surface area contributed by atoms with Crippen LogP contribution in [0.1, 0.15) is 24.0 Å². The molecule has 0 spiro atoms. The zero-order valence-electron chi connectivity index (χ0n) is 9.16. The van der Waals surface area contributed by atoms with Crippen LogP contribution in [0.25, 0.3) is 0 Å². The van der Waals surface area contributed by atoms with Crippen molar-refractivity contribution >= 4 is 5.69 Å². The molecule has 1 aliphatic carbocycles. The van der Waals surface area contributed by atoms with E-state index in [-0.39, 0.29) is 0 Å². The average molecular weight is 200 g/mol. The lowest BCUT2D eigenvalue weighted by Crippen LogP contribution is -2.17. The number of aryl methyl sites for hydroxylation is 2. The molecule has 0 aliphatic heterocycles. The molecule has 0 aromatic heterocycles. The highest BCUT2D eigenvalue weighted by molar-refractivity contribution is 5.51. The van der Waals surface area contributed by atoms with Crippen LogP contribution in [-0.4, -0.2) is 13.6 Å². The normalized spacial score (nSPS) is 14.1. The van der Waals surface area contributed by atoms with Crippen LogP contribution in [0.5, 0.6) is 0 Å². The van der Waals surface area contributed by atoms with Gasteiger partial charge in [0.05, 0.1) is 6.07 Å². The van der Waals surface area contributed by atoms with Crippen molar-refractivity contribution in [3.8, 4) is 6.07 Å². The first-order valence-corrected chi connectivity index (χ1v) is 5.51. The molecule has 2 nitrogen and oxygen atoms in total. The summed E-state index contributed by atoms with van der Waals surface area (Å²) < 4.78 is 0. The largest absolute Gasteiger partial charge is 0.361 e. The molecular weight excluding hydrogens is 184 g/mol. The second-order valence-electron chi connectivity index (χ2n) is 4.17. The Kier molecular flexibility index (Phi) is 2.91. The van der Waals surface area contributed by atoms with Crippen molar-refractivity contribution in [1.29, 1.82) is 5.26 Å². The molecule has 2 rings (SSSR count).